The molecule has 3 rings (SSSR count). The van der Waals surface area contributed by atoms with Crippen LogP contribution in [-0.2, 0) is 14.3 Å². The van der Waals surface area contributed by atoms with Gasteiger partial charge in [0.25, 0.3) is 0 Å². The summed E-state index contributed by atoms with van der Waals surface area (Å²) in [7, 11) is 1.30. The first-order chi connectivity index (χ1) is 14.2. The fourth-order valence-electron chi connectivity index (χ4n) is 3.91. The number of carbonyl (C=O) groups is 3. The maximum atomic E-state index is 13.1. The number of ether oxygens (including phenoxy) is 1. The molecule has 158 valence electrons. The number of esters is 1. The summed E-state index contributed by atoms with van der Waals surface area (Å²) in [5.74, 6) is -3.40. The monoisotopic (exact) mass is 427 g/mol. The van der Waals surface area contributed by atoms with Gasteiger partial charge in [0.2, 0.25) is 5.91 Å². The van der Waals surface area contributed by atoms with Crippen molar-refractivity contribution in [3.63, 3.8) is 0 Å². The molecule has 0 saturated heterocycles. The molecular weight excluding hydrogens is 402 g/mol. The Kier molecular flexibility index (Phi) is 6.41. The average Bonchev–Trinajstić information content (AvgIpc) is 3.04. The number of aryl methyl sites for hydroxylation is 1. The van der Waals surface area contributed by atoms with E-state index in [0.29, 0.717) is 29.0 Å². The van der Waals surface area contributed by atoms with Crippen LogP contribution in [0.3, 0.4) is 0 Å². The molecular formula is C23H25NO5S. The summed E-state index contributed by atoms with van der Waals surface area (Å²) in [5, 5.41) is 12.9. The van der Waals surface area contributed by atoms with Gasteiger partial charge < -0.3 is 15.2 Å². The van der Waals surface area contributed by atoms with E-state index in [4.69, 9.17) is 4.74 Å². The van der Waals surface area contributed by atoms with Crippen LogP contribution in [0.15, 0.2) is 41.5 Å². The number of allylic oxidation sites excluding steroid dienone is 2. The van der Waals surface area contributed by atoms with Gasteiger partial charge in [0.1, 0.15) is 10.6 Å². The van der Waals surface area contributed by atoms with Crippen LogP contribution in [0, 0.1) is 18.8 Å². The lowest BCUT2D eigenvalue weighted by atomic mass is 9.76. The molecule has 6 nitrogen and oxygen atoms in total. The zero-order valence-corrected chi connectivity index (χ0v) is 18.3. The zero-order valence-electron chi connectivity index (χ0n) is 17.4. The van der Waals surface area contributed by atoms with Crippen LogP contribution in [0.5, 0.6) is 0 Å². The number of carbonyl (C=O) groups excluding carboxylic acids is 2. The average molecular weight is 428 g/mol. The smallest absolute Gasteiger partial charge is 0.341 e. The van der Waals surface area contributed by atoms with Crippen LogP contribution in [-0.4, -0.2) is 30.1 Å². The van der Waals surface area contributed by atoms with Crippen molar-refractivity contribution in [1.82, 2.24) is 0 Å². The van der Waals surface area contributed by atoms with Crippen molar-refractivity contribution < 1.29 is 24.2 Å². The Morgan fingerprint density at radius 3 is 2.20 bits per heavy atom. The number of hydrogen-bond acceptors (Lipinski definition) is 5. The summed E-state index contributed by atoms with van der Waals surface area (Å²) in [6, 6.07) is 9.43. The minimum atomic E-state index is -0.984. The summed E-state index contributed by atoms with van der Waals surface area (Å²) < 4.78 is 4.98. The van der Waals surface area contributed by atoms with Crippen molar-refractivity contribution in [2.45, 2.75) is 33.6 Å². The predicted octanol–water partition coefficient (Wildman–Crippen LogP) is 4.90. The van der Waals surface area contributed by atoms with E-state index >= 15 is 0 Å². The predicted molar refractivity (Wildman–Crippen MR) is 117 cm³/mol. The number of methoxy groups -OCH3 is 1. The normalized spacial score (nSPS) is 18.8. The molecule has 30 heavy (non-hydrogen) atoms. The van der Waals surface area contributed by atoms with Crippen LogP contribution in [0.4, 0.5) is 5.00 Å². The molecule has 1 aromatic carbocycles. The van der Waals surface area contributed by atoms with Crippen LogP contribution < -0.4 is 5.32 Å². The summed E-state index contributed by atoms with van der Waals surface area (Å²) >= 11 is 1.29. The fraction of sp³-hybridized carbons (Fsp3) is 0.348. The second-order valence-electron chi connectivity index (χ2n) is 7.60. The molecule has 0 radical (unpaired) electrons. The number of benzene rings is 1. The lowest BCUT2D eigenvalue weighted by molar-refractivity contribution is -0.146. The molecule has 1 heterocycles. The number of amides is 1. The number of aliphatic carboxylic acids is 1. The van der Waals surface area contributed by atoms with Gasteiger partial charge in [-0.2, -0.15) is 0 Å². The number of carboxylic acids is 1. The summed E-state index contributed by atoms with van der Waals surface area (Å²) in [5.41, 5.74) is 3.91. The SMILES string of the molecule is COC(=O)c1c(NC(=O)[C@@H]2CC(C)=C(C)C[C@@H]2C(=O)O)sc(C)c1-c1ccccc1. The minimum absolute atomic E-state index is 0.297. The first-order valence-corrected chi connectivity index (χ1v) is 10.5. The van der Waals surface area contributed by atoms with E-state index in [1.54, 1.807) is 0 Å². The highest BCUT2D eigenvalue weighted by molar-refractivity contribution is 7.17. The number of thiophene rings is 1. The lowest BCUT2D eigenvalue weighted by Crippen LogP contribution is -2.36. The first-order valence-electron chi connectivity index (χ1n) is 9.70. The quantitative estimate of drug-likeness (QED) is 0.523. The number of rotatable bonds is 5. The molecule has 0 bridgehead atoms. The largest absolute Gasteiger partial charge is 0.481 e. The second-order valence-corrected chi connectivity index (χ2v) is 8.83. The number of hydrogen-bond donors (Lipinski definition) is 2. The molecule has 0 aliphatic heterocycles. The standard InChI is InChI=1S/C23H25NO5S/c1-12-10-16(17(22(26)27)11-13(12)2)20(25)24-21-19(23(28)29-4)18(14(3)30-21)15-8-6-5-7-9-15/h5-9,16-17H,10-11H2,1-4H3,(H,24,25)(H,26,27)/t16-,17+/m1/s1. The highest BCUT2D eigenvalue weighted by atomic mass is 32.1. The Bertz CT molecular complexity index is 1020. The maximum Gasteiger partial charge on any atom is 0.341 e. The summed E-state index contributed by atoms with van der Waals surface area (Å²) in [6.07, 6.45) is 0.736. The fourth-order valence-corrected chi connectivity index (χ4v) is 4.98. The van der Waals surface area contributed by atoms with Gasteiger partial charge in [0, 0.05) is 10.4 Å². The molecule has 1 aromatic heterocycles. The Labute approximate surface area is 179 Å². The second kappa shape index (κ2) is 8.83. The van der Waals surface area contributed by atoms with Crippen molar-refractivity contribution >= 4 is 34.2 Å². The topological polar surface area (TPSA) is 92.7 Å². The molecule has 0 unspecified atom stereocenters. The van der Waals surface area contributed by atoms with Gasteiger partial charge in [0.15, 0.2) is 0 Å². The molecule has 0 spiro atoms. The summed E-state index contributed by atoms with van der Waals surface area (Å²) in [4.78, 5) is 38.3. The van der Waals surface area contributed by atoms with Crippen molar-refractivity contribution in [1.29, 1.82) is 0 Å². The highest BCUT2D eigenvalue weighted by Crippen LogP contribution is 2.41. The molecule has 0 fully saturated rings. The third-order valence-corrected chi connectivity index (χ3v) is 6.71. The van der Waals surface area contributed by atoms with Gasteiger partial charge in [-0.3, -0.25) is 9.59 Å². The Morgan fingerprint density at radius 2 is 1.63 bits per heavy atom. The van der Waals surface area contributed by atoms with Crippen molar-refractivity contribution in [3.8, 4) is 11.1 Å². The first kappa shape index (κ1) is 21.8. The molecule has 2 N–H and O–H groups in total. The van der Waals surface area contributed by atoms with Gasteiger partial charge >= 0.3 is 11.9 Å². The Morgan fingerprint density at radius 1 is 1.03 bits per heavy atom. The van der Waals surface area contributed by atoms with Gasteiger partial charge in [-0.1, -0.05) is 41.5 Å². The molecule has 7 heteroatoms. The molecule has 1 aliphatic rings. The minimum Gasteiger partial charge on any atom is -0.481 e. The molecule has 2 aromatic rings. The van der Waals surface area contributed by atoms with Crippen LogP contribution in [0.1, 0.15) is 41.9 Å². The number of anilines is 1. The third kappa shape index (κ3) is 4.16. The van der Waals surface area contributed by atoms with Gasteiger partial charge in [0.05, 0.1) is 18.9 Å². The van der Waals surface area contributed by atoms with Crippen molar-refractivity contribution in [3.05, 3.63) is 51.9 Å². The van der Waals surface area contributed by atoms with Gasteiger partial charge in [-0.25, -0.2) is 4.79 Å². The third-order valence-electron chi connectivity index (χ3n) is 5.69. The van der Waals surface area contributed by atoms with Crippen LogP contribution in [0.2, 0.25) is 0 Å². The van der Waals surface area contributed by atoms with E-state index < -0.39 is 23.8 Å². The molecule has 0 saturated carbocycles. The van der Waals surface area contributed by atoms with E-state index in [9.17, 15) is 19.5 Å². The van der Waals surface area contributed by atoms with E-state index in [2.05, 4.69) is 5.32 Å². The van der Waals surface area contributed by atoms with E-state index in [1.165, 1.54) is 18.4 Å². The van der Waals surface area contributed by atoms with Gasteiger partial charge in [-0.05, 0) is 39.2 Å². The number of nitrogens with one attached hydrogen (secondary N) is 1. The number of carboxylic acid groups (broad SMARTS) is 1. The van der Waals surface area contributed by atoms with E-state index in [0.717, 1.165) is 21.6 Å². The highest BCUT2D eigenvalue weighted by Gasteiger charge is 2.38. The molecule has 2 atom stereocenters. The Hall–Kier alpha value is -2.93. The van der Waals surface area contributed by atoms with Gasteiger partial charge in [-0.15, -0.1) is 11.3 Å². The Balaban J connectivity index is 1.99. The van der Waals surface area contributed by atoms with Crippen molar-refractivity contribution in [2.24, 2.45) is 11.8 Å². The maximum absolute atomic E-state index is 13.1. The van der Waals surface area contributed by atoms with E-state index in [-0.39, 0.29) is 5.91 Å². The lowest BCUT2D eigenvalue weighted by Gasteiger charge is -2.29. The molecule has 1 amide bonds. The molecule has 1 aliphatic carbocycles. The van der Waals surface area contributed by atoms with Crippen molar-refractivity contribution in [2.75, 3.05) is 12.4 Å². The van der Waals surface area contributed by atoms with Crippen LogP contribution >= 0.6 is 11.3 Å². The van der Waals surface area contributed by atoms with Crippen LogP contribution in [0.25, 0.3) is 11.1 Å². The zero-order chi connectivity index (χ0) is 22.0. The summed E-state index contributed by atoms with van der Waals surface area (Å²) in [6.45, 7) is 5.71. The van der Waals surface area contributed by atoms with E-state index in [1.807, 2.05) is 51.1 Å².